The van der Waals surface area contributed by atoms with Gasteiger partial charge in [0.15, 0.2) is 3.95 Å². The van der Waals surface area contributed by atoms with Crippen molar-refractivity contribution in [2.45, 2.75) is 19.3 Å². The fourth-order valence-corrected chi connectivity index (χ4v) is 5.49. The van der Waals surface area contributed by atoms with Gasteiger partial charge in [0.05, 0.1) is 34.3 Å². The highest BCUT2D eigenvalue weighted by atomic mass is 32.1. The molecule has 216 valence electrons. The van der Waals surface area contributed by atoms with Crippen LogP contribution in [-0.2, 0) is 11.3 Å². The van der Waals surface area contributed by atoms with Gasteiger partial charge in [-0.05, 0) is 72.4 Å². The first-order valence-electron chi connectivity index (χ1n) is 12.2. The predicted octanol–water partition coefficient (Wildman–Crippen LogP) is 6.17. The summed E-state index contributed by atoms with van der Waals surface area (Å²) in [5.74, 6) is -2.84. The van der Waals surface area contributed by atoms with Crippen LogP contribution < -0.4 is 15.0 Å². The molecule has 0 radical (unpaired) electrons. The number of aromatic amines is 1. The largest absolute Gasteiger partial charge is 0.573 e. The first-order valence-corrected chi connectivity index (χ1v) is 13.4. The van der Waals surface area contributed by atoms with Gasteiger partial charge in [-0.15, -0.1) is 24.5 Å². The Morgan fingerprint density at radius 1 is 1.02 bits per heavy atom. The van der Waals surface area contributed by atoms with E-state index in [1.165, 1.54) is 40.5 Å². The van der Waals surface area contributed by atoms with Crippen LogP contribution in [0, 0.1) is 3.95 Å². The van der Waals surface area contributed by atoms with Gasteiger partial charge in [0.1, 0.15) is 5.75 Å². The van der Waals surface area contributed by atoms with Crippen molar-refractivity contribution in [3.63, 3.8) is 0 Å². The van der Waals surface area contributed by atoms with Crippen LogP contribution in [0.2, 0.25) is 0 Å². The SMILES string of the molecule is O=C(O)CCN1C(=O)c2ccc(CN(C(=O)Nc3ccc(OC(F)(F)F)cc3)c3ccc4[nH]c(=S)sc4c3)cc2C1=O. The van der Waals surface area contributed by atoms with E-state index >= 15 is 0 Å². The van der Waals surface area contributed by atoms with Gasteiger partial charge in [0.25, 0.3) is 11.8 Å². The number of halogens is 3. The van der Waals surface area contributed by atoms with E-state index in [1.807, 2.05) is 0 Å². The number of fused-ring (bicyclic) bond motifs is 2. The molecule has 0 atom stereocenters. The summed E-state index contributed by atoms with van der Waals surface area (Å²) < 4.78 is 42.7. The molecule has 0 spiro atoms. The Hall–Kier alpha value is -4.76. The monoisotopic (exact) mass is 616 g/mol. The van der Waals surface area contributed by atoms with Crippen LogP contribution in [0.5, 0.6) is 5.75 Å². The Bertz CT molecular complexity index is 1790. The maximum atomic E-state index is 13.5. The first kappa shape index (κ1) is 28.8. The number of hydrogen-bond donors (Lipinski definition) is 3. The van der Waals surface area contributed by atoms with Gasteiger partial charge >= 0.3 is 18.4 Å². The van der Waals surface area contributed by atoms with Crippen molar-refractivity contribution in [1.82, 2.24) is 9.88 Å². The highest BCUT2D eigenvalue weighted by Crippen LogP contribution is 2.30. The molecule has 0 bridgehead atoms. The van der Waals surface area contributed by atoms with Crippen molar-refractivity contribution >= 4 is 69.0 Å². The number of carbonyl (C=O) groups excluding carboxylic acids is 3. The minimum Gasteiger partial charge on any atom is -0.481 e. The highest BCUT2D eigenvalue weighted by molar-refractivity contribution is 7.73. The second-order valence-corrected chi connectivity index (χ2v) is 10.8. The maximum absolute atomic E-state index is 13.5. The third-order valence-corrected chi connectivity index (χ3v) is 7.42. The summed E-state index contributed by atoms with van der Waals surface area (Å²) in [4.78, 5) is 55.3. The van der Waals surface area contributed by atoms with Crippen LogP contribution in [0.3, 0.4) is 0 Å². The van der Waals surface area contributed by atoms with Gasteiger partial charge in [0, 0.05) is 17.9 Å². The van der Waals surface area contributed by atoms with E-state index in [4.69, 9.17) is 17.3 Å². The second-order valence-electron chi connectivity index (χ2n) is 9.07. The van der Waals surface area contributed by atoms with Crippen molar-refractivity contribution in [1.29, 1.82) is 0 Å². The molecule has 3 N–H and O–H groups in total. The number of thiazole rings is 1. The molecule has 0 saturated heterocycles. The molecule has 0 unspecified atom stereocenters. The third kappa shape index (κ3) is 6.26. The molecule has 4 amide bonds. The number of rotatable bonds is 8. The van der Waals surface area contributed by atoms with Crippen molar-refractivity contribution in [2.24, 2.45) is 0 Å². The molecule has 5 rings (SSSR count). The average molecular weight is 617 g/mol. The number of nitrogens with zero attached hydrogens (tertiary/aromatic N) is 2. The Balaban J connectivity index is 1.43. The van der Waals surface area contributed by atoms with Crippen LogP contribution in [0.15, 0.2) is 60.7 Å². The van der Waals surface area contributed by atoms with E-state index in [1.54, 1.807) is 24.3 Å². The average Bonchev–Trinajstić information content (AvgIpc) is 3.41. The summed E-state index contributed by atoms with van der Waals surface area (Å²) in [7, 11) is 0. The molecule has 0 fully saturated rings. The van der Waals surface area contributed by atoms with Crippen molar-refractivity contribution in [2.75, 3.05) is 16.8 Å². The number of carboxylic acids is 1. The van der Waals surface area contributed by atoms with E-state index in [2.05, 4.69) is 15.0 Å². The molecule has 3 aromatic carbocycles. The molecule has 2 heterocycles. The molecule has 10 nitrogen and oxygen atoms in total. The number of nitrogens with one attached hydrogen (secondary N) is 2. The number of imide groups is 1. The fourth-order valence-electron chi connectivity index (χ4n) is 4.34. The standard InChI is InChI=1S/C27H19F3N4O6S2/c28-27(29,30)40-17-5-2-15(3-6-17)31-25(39)34(16-4-8-20-21(12-16)42-26(41)32-20)13-14-1-7-18-19(11-14)24(38)33(23(18)37)10-9-22(35)36/h1-8,11-12H,9-10,13H2,(H,31,39)(H,32,41)(H,35,36). The summed E-state index contributed by atoms with van der Waals surface area (Å²) in [6.45, 7) is -0.340. The zero-order chi connectivity index (χ0) is 30.2. The van der Waals surface area contributed by atoms with Crippen LogP contribution in [0.25, 0.3) is 10.2 Å². The van der Waals surface area contributed by atoms with Crippen molar-refractivity contribution < 1.29 is 42.2 Å². The van der Waals surface area contributed by atoms with E-state index in [9.17, 15) is 32.3 Å². The van der Waals surface area contributed by atoms with E-state index in [0.29, 0.717) is 15.2 Å². The molecule has 1 aromatic heterocycles. The summed E-state index contributed by atoms with van der Waals surface area (Å²) in [5, 5.41) is 11.6. The topological polar surface area (TPSA) is 132 Å². The van der Waals surface area contributed by atoms with E-state index < -0.39 is 42.3 Å². The highest BCUT2D eigenvalue weighted by Gasteiger charge is 2.36. The van der Waals surface area contributed by atoms with Crippen LogP contribution in [-0.4, -0.2) is 51.7 Å². The fraction of sp³-hybridized carbons (Fsp3) is 0.148. The zero-order valence-electron chi connectivity index (χ0n) is 21.2. The number of amides is 4. The maximum Gasteiger partial charge on any atom is 0.573 e. The van der Waals surface area contributed by atoms with Crippen molar-refractivity contribution in [3.8, 4) is 5.75 Å². The molecule has 0 aliphatic carbocycles. The summed E-state index contributed by atoms with van der Waals surface area (Å²) in [6.07, 6.45) is -5.26. The molecular formula is C27H19F3N4O6S2. The first-order chi connectivity index (χ1) is 19.9. The Morgan fingerprint density at radius 2 is 1.74 bits per heavy atom. The van der Waals surface area contributed by atoms with Crippen molar-refractivity contribution in [3.05, 3.63) is 81.3 Å². The number of ether oxygens (including phenoxy) is 1. The van der Waals surface area contributed by atoms with Crippen LogP contribution in [0.1, 0.15) is 32.7 Å². The van der Waals surface area contributed by atoms with Crippen LogP contribution >= 0.6 is 23.6 Å². The van der Waals surface area contributed by atoms with Gasteiger partial charge in [-0.1, -0.05) is 6.07 Å². The number of hydrogen-bond acceptors (Lipinski definition) is 7. The molecule has 0 saturated carbocycles. The Kier molecular flexibility index (Phi) is 7.71. The number of benzene rings is 3. The zero-order valence-corrected chi connectivity index (χ0v) is 22.9. The minimum atomic E-state index is -4.86. The van der Waals surface area contributed by atoms with Crippen LogP contribution in [0.4, 0.5) is 29.3 Å². The molecule has 4 aromatic rings. The quantitative estimate of drug-likeness (QED) is 0.159. The van der Waals surface area contributed by atoms with E-state index in [0.717, 1.165) is 27.2 Å². The van der Waals surface area contributed by atoms with Gasteiger partial charge < -0.3 is 20.1 Å². The number of alkyl halides is 3. The van der Waals surface area contributed by atoms with Gasteiger partial charge in [-0.3, -0.25) is 24.2 Å². The smallest absolute Gasteiger partial charge is 0.481 e. The number of carboxylic acid groups (broad SMARTS) is 1. The Morgan fingerprint density at radius 3 is 2.43 bits per heavy atom. The molecule has 15 heteroatoms. The minimum absolute atomic E-state index is 0.0632. The van der Waals surface area contributed by atoms with Gasteiger partial charge in [-0.25, -0.2) is 4.79 Å². The summed E-state index contributed by atoms with van der Waals surface area (Å²) in [6, 6.07) is 13.6. The number of carbonyl (C=O) groups is 4. The second kappa shape index (κ2) is 11.3. The molecule has 1 aliphatic heterocycles. The third-order valence-electron chi connectivity index (χ3n) is 6.23. The number of aliphatic carboxylic acids is 1. The summed E-state index contributed by atoms with van der Waals surface area (Å²) in [5.41, 5.74) is 2.11. The number of aromatic nitrogens is 1. The lowest BCUT2D eigenvalue weighted by atomic mass is 10.1. The lowest BCUT2D eigenvalue weighted by Gasteiger charge is -2.24. The molecular weight excluding hydrogens is 597 g/mol. The molecule has 1 aliphatic rings. The number of urea groups is 1. The molecule has 42 heavy (non-hydrogen) atoms. The summed E-state index contributed by atoms with van der Waals surface area (Å²) >= 11 is 6.51. The number of H-pyrrole nitrogens is 1. The van der Waals surface area contributed by atoms with Gasteiger partial charge in [0.2, 0.25) is 0 Å². The Labute approximate surface area is 243 Å². The lowest BCUT2D eigenvalue weighted by molar-refractivity contribution is -0.274. The normalized spacial score (nSPS) is 12.9. The number of anilines is 2. The lowest BCUT2D eigenvalue weighted by Crippen LogP contribution is -2.34. The predicted molar refractivity (Wildman–Crippen MR) is 149 cm³/mol. The van der Waals surface area contributed by atoms with E-state index in [-0.39, 0.29) is 29.9 Å². The van der Waals surface area contributed by atoms with Gasteiger partial charge in [-0.2, -0.15) is 0 Å².